The molecule has 2 atom stereocenters. The molecule has 0 aliphatic heterocycles. The highest BCUT2D eigenvalue weighted by molar-refractivity contribution is 5.95. The van der Waals surface area contributed by atoms with E-state index in [1.54, 1.807) is 12.1 Å². The number of carbonyl (C=O) groups is 2. The maximum absolute atomic E-state index is 12.6. The Labute approximate surface area is 166 Å². The zero-order valence-electron chi connectivity index (χ0n) is 16.2. The van der Waals surface area contributed by atoms with Gasteiger partial charge in [-0.15, -0.1) is 0 Å². The highest BCUT2D eigenvalue weighted by Crippen LogP contribution is 2.21. The molecule has 2 N–H and O–H groups in total. The average molecular weight is 377 g/mol. The van der Waals surface area contributed by atoms with E-state index >= 15 is 0 Å². The lowest BCUT2D eigenvalue weighted by molar-refractivity contribution is -0.121. The maximum atomic E-state index is 12.6. The summed E-state index contributed by atoms with van der Waals surface area (Å²) in [6.07, 6.45) is 4.53. The first-order chi connectivity index (χ1) is 13.6. The van der Waals surface area contributed by atoms with E-state index in [1.165, 1.54) is 6.42 Å². The van der Waals surface area contributed by atoms with Crippen LogP contribution in [0.15, 0.2) is 65.8 Å². The largest absolute Gasteiger partial charge is 0.345 e. The van der Waals surface area contributed by atoms with Gasteiger partial charge in [0, 0.05) is 11.3 Å². The molecule has 0 spiro atoms. The summed E-state index contributed by atoms with van der Waals surface area (Å²) in [5, 5.41) is 7.33. The summed E-state index contributed by atoms with van der Waals surface area (Å²) in [7, 11) is 0. The second-order valence-electron chi connectivity index (χ2n) is 7.29. The van der Waals surface area contributed by atoms with E-state index in [0.29, 0.717) is 11.5 Å². The molecule has 146 valence electrons. The first-order valence-electron chi connectivity index (χ1n) is 9.89. The third kappa shape index (κ3) is 5.52. The number of benzene rings is 2. The van der Waals surface area contributed by atoms with E-state index in [9.17, 15) is 9.59 Å². The fourth-order valence-electron chi connectivity index (χ4n) is 3.47. The molecule has 2 unspecified atom stereocenters. The minimum absolute atomic E-state index is 0.133. The molecule has 0 heterocycles. The normalized spacial score (nSPS) is 19.0. The number of carbonyl (C=O) groups excluding carboxylic acids is 2. The fraction of sp³-hybridized carbons (Fsp3) is 0.348. The third-order valence-electron chi connectivity index (χ3n) is 5.15. The SMILES string of the molecule is CC1CCCCC1=NNC(=O)CC(NC(=O)c1ccccc1)c1ccccc1. The molecule has 3 rings (SSSR count). The van der Waals surface area contributed by atoms with Gasteiger partial charge in [-0.05, 0) is 42.9 Å². The molecule has 1 fully saturated rings. The highest BCUT2D eigenvalue weighted by atomic mass is 16.2. The van der Waals surface area contributed by atoms with Crippen LogP contribution in [-0.2, 0) is 4.79 Å². The van der Waals surface area contributed by atoms with Gasteiger partial charge >= 0.3 is 0 Å². The Morgan fingerprint density at radius 3 is 2.39 bits per heavy atom. The lowest BCUT2D eigenvalue weighted by atomic mass is 9.89. The van der Waals surface area contributed by atoms with Gasteiger partial charge in [-0.2, -0.15) is 5.10 Å². The zero-order valence-corrected chi connectivity index (χ0v) is 16.2. The first-order valence-corrected chi connectivity index (χ1v) is 9.89. The minimum Gasteiger partial charge on any atom is -0.345 e. The van der Waals surface area contributed by atoms with Crippen molar-refractivity contribution in [1.82, 2.24) is 10.7 Å². The van der Waals surface area contributed by atoms with Gasteiger partial charge in [-0.25, -0.2) is 5.43 Å². The summed E-state index contributed by atoms with van der Waals surface area (Å²) in [5.41, 5.74) is 5.21. The summed E-state index contributed by atoms with van der Waals surface area (Å²) >= 11 is 0. The summed E-state index contributed by atoms with van der Waals surface area (Å²) < 4.78 is 0. The van der Waals surface area contributed by atoms with Crippen molar-refractivity contribution in [3.63, 3.8) is 0 Å². The molecule has 0 saturated heterocycles. The van der Waals surface area contributed by atoms with Crippen LogP contribution in [-0.4, -0.2) is 17.5 Å². The van der Waals surface area contributed by atoms with Crippen molar-refractivity contribution in [2.24, 2.45) is 11.0 Å². The lowest BCUT2D eigenvalue weighted by Crippen LogP contribution is -2.33. The van der Waals surface area contributed by atoms with Crippen LogP contribution in [0, 0.1) is 5.92 Å². The van der Waals surface area contributed by atoms with E-state index in [2.05, 4.69) is 22.8 Å². The van der Waals surface area contributed by atoms with Crippen LogP contribution in [0.5, 0.6) is 0 Å². The topological polar surface area (TPSA) is 70.6 Å². The Bertz CT molecular complexity index is 818. The Morgan fingerprint density at radius 1 is 1.04 bits per heavy atom. The number of hydrogen-bond acceptors (Lipinski definition) is 3. The van der Waals surface area contributed by atoms with Gasteiger partial charge in [-0.1, -0.05) is 61.9 Å². The van der Waals surface area contributed by atoms with Crippen molar-refractivity contribution in [1.29, 1.82) is 0 Å². The maximum Gasteiger partial charge on any atom is 0.251 e. The van der Waals surface area contributed by atoms with Crippen LogP contribution in [0.4, 0.5) is 0 Å². The molecule has 0 bridgehead atoms. The number of hydrogen-bond donors (Lipinski definition) is 2. The Hall–Kier alpha value is -2.95. The van der Waals surface area contributed by atoms with Gasteiger partial charge in [0.1, 0.15) is 0 Å². The molecule has 2 aromatic carbocycles. The second-order valence-corrected chi connectivity index (χ2v) is 7.29. The predicted octanol–water partition coefficient (Wildman–Crippen LogP) is 4.23. The minimum atomic E-state index is -0.419. The van der Waals surface area contributed by atoms with Gasteiger partial charge in [0.15, 0.2) is 0 Å². The number of nitrogens with zero attached hydrogens (tertiary/aromatic N) is 1. The molecule has 1 saturated carbocycles. The van der Waals surface area contributed by atoms with Crippen LogP contribution in [0.1, 0.15) is 61.0 Å². The molecule has 1 aliphatic carbocycles. The van der Waals surface area contributed by atoms with Gasteiger partial charge in [0.05, 0.1) is 12.5 Å². The van der Waals surface area contributed by atoms with Crippen molar-refractivity contribution in [2.45, 2.75) is 45.1 Å². The summed E-state index contributed by atoms with van der Waals surface area (Å²) in [6.45, 7) is 2.15. The Balaban J connectivity index is 1.68. The van der Waals surface area contributed by atoms with Crippen LogP contribution >= 0.6 is 0 Å². The fourth-order valence-corrected chi connectivity index (χ4v) is 3.47. The number of rotatable bonds is 6. The smallest absolute Gasteiger partial charge is 0.251 e. The highest BCUT2D eigenvalue weighted by Gasteiger charge is 2.20. The summed E-state index contributed by atoms with van der Waals surface area (Å²) in [6, 6.07) is 18.1. The predicted molar refractivity (Wildman–Crippen MR) is 111 cm³/mol. The van der Waals surface area contributed by atoms with E-state index in [-0.39, 0.29) is 18.2 Å². The number of nitrogens with one attached hydrogen (secondary N) is 2. The summed E-state index contributed by atoms with van der Waals surface area (Å²) in [4.78, 5) is 25.1. The van der Waals surface area contributed by atoms with Crippen molar-refractivity contribution in [3.8, 4) is 0 Å². The first kappa shape index (κ1) is 19.8. The number of amides is 2. The molecule has 2 aromatic rings. The molecule has 0 radical (unpaired) electrons. The van der Waals surface area contributed by atoms with Crippen molar-refractivity contribution >= 4 is 17.5 Å². The van der Waals surface area contributed by atoms with Gasteiger partial charge in [0.25, 0.3) is 5.91 Å². The van der Waals surface area contributed by atoms with E-state index in [1.807, 2.05) is 48.5 Å². The molecule has 2 amide bonds. The van der Waals surface area contributed by atoms with Gasteiger partial charge < -0.3 is 5.32 Å². The van der Waals surface area contributed by atoms with Crippen molar-refractivity contribution in [2.75, 3.05) is 0 Å². The van der Waals surface area contributed by atoms with Crippen LogP contribution in [0.3, 0.4) is 0 Å². The van der Waals surface area contributed by atoms with Crippen LogP contribution in [0.25, 0.3) is 0 Å². The van der Waals surface area contributed by atoms with Gasteiger partial charge in [-0.3, -0.25) is 9.59 Å². The lowest BCUT2D eigenvalue weighted by Gasteiger charge is -2.21. The molecule has 5 nitrogen and oxygen atoms in total. The summed E-state index contributed by atoms with van der Waals surface area (Å²) in [5.74, 6) is 0.0127. The van der Waals surface area contributed by atoms with E-state index in [0.717, 1.165) is 30.5 Å². The standard InChI is InChI=1S/C23H27N3O2/c1-17-10-8-9-15-20(17)25-26-22(27)16-21(18-11-4-2-5-12-18)24-23(28)19-13-6-3-7-14-19/h2-7,11-14,17,21H,8-10,15-16H2,1H3,(H,24,28)(H,26,27). The molecule has 5 heteroatoms. The second kappa shape index (κ2) is 9.83. The molecular formula is C23H27N3O2. The average Bonchev–Trinajstić information content (AvgIpc) is 2.74. The van der Waals surface area contributed by atoms with Crippen LogP contribution in [0.2, 0.25) is 0 Å². The molecule has 0 aromatic heterocycles. The van der Waals surface area contributed by atoms with Gasteiger partial charge in [0.2, 0.25) is 5.91 Å². The quantitative estimate of drug-likeness (QED) is 0.740. The third-order valence-corrected chi connectivity index (χ3v) is 5.15. The molecule has 1 aliphatic rings. The number of hydrazone groups is 1. The zero-order chi connectivity index (χ0) is 19.8. The monoisotopic (exact) mass is 377 g/mol. The van der Waals surface area contributed by atoms with E-state index < -0.39 is 6.04 Å². The van der Waals surface area contributed by atoms with Crippen molar-refractivity contribution < 1.29 is 9.59 Å². The Kier molecular flexibility index (Phi) is 6.95. The Morgan fingerprint density at radius 2 is 1.71 bits per heavy atom. The molecular weight excluding hydrogens is 350 g/mol. The van der Waals surface area contributed by atoms with E-state index in [4.69, 9.17) is 0 Å². The van der Waals surface area contributed by atoms with Crippen LogP contribution < -0.4 is 10.7 Å². The molecule has 28 heavy (non-hydrogen) atoms. The van der Waals surface area contributed by atoms with Crippen molar-refractivity contribution in [3.05, 3.63) is 71.8 Å².